The van der Waals surface area contributed by atoms with Crippen LogP contribution in [0.4, 0.5) is 0 Å². The molecule has 12 aromatic rings. The van der Waals surface area contributed by atoms with Crippen molar-refractivity contribution in [1.29, 1.82) is 0 Å². The minimum Gasteiger partial charge on any atom is -0.309 e. The summed E-state index contributed by atoms with van der Waals surface area (Å²) in [5.41, 5.74) is 10.9. The third-order valence-electron chi connectivity index (χ3n) is 12.0. The molecule has 10 aromatic carbocycles. The van der Waals surface area contributed by atoms with Gasteiger partial charge in [0, 0.05) is 43.9 Å². The maximum absolute atomic E-state index is 5.20. The van der Waals surface area contributed by atoms with Gasteiger partial charge in [0.05, 0.1) is 22.4 Å². The lowest BCUT2D eigenvalue weighted by Crippen LogP contribution is -1.96. The molecule has 0 saturated carbocycles. The van der Waals surface area contributed by atoms with Gasteiger partial charge in [-0.05, 0) is 79.8 Å². The van der Waals surface area contributed by atoms with Crippen molar-refractivity contribution in [2.75, 3.05) is 0 Å². The standard InChI is InChI=1S/C56H35N3/c1-3-16-38(17-4-1)50-35-51(41-32-27-36-15-7-8-18-40(36)33-41)58-56(57-50)39-30-28-37(29-31-39)48-34-49-44-22-10-12-24-46(44)55-54(53(49)45-23-11-9-21-43(45)48)47-25-13-14-26-52(47)59(55)42-19-5-2-6-20-42/h1-35H. The predicted molar refractivity (Wildman–Crippen MR) is 248 cm³/mol. The highest BCUT2D eigenvalue weighted by atomic mass is 15.0. The van der Waals surface area contributed by atoms with Gasteiger partial charge < -0.3 is 4.57 Å². The molecule has 0 aliphatic carbocycles. The molecular weight excluding hydrogens is 715 g/mol. The molecule has 3 nitrogen and oxygen atoms in total. The summed E-state index contributed by atoms with van der Waals surface area (Å²) >= 11 is 0. The summed E-state index contributed by atoms with van der Waals surface area (Å²) in [5.74, 6) is 0.702. The molecule has 0 N–H and O–H groups in total. The number of benzene rings is 10. The summed E-state index contributed by atoms with van der Waals surface area (Å²) in [6, 6.07) is 76.2. The van der Waals surface area contributed by atoms with E-state index < -0.39 is 0 Å². The van der Waals surface area contributed by atoms with E-state index in [1.807, 2.05) is 6.07 Å². The van der Waals surface area contributed by atoms with Gasteiger partial charge in [-0.2, -0.15) is 0 Å². The summed E-state index contributed by atoms with van der Waals surface area (Å²) in [4.78, 5) is 10.4. The summed E-state index contributed by atoms with van der Waals surface area (Å²) < 4.78 is 2.45. The normalized spacial score (nSPS) is 11.7. The molecule has 0 aliphatic heterocycles. The molecule has 2 aromatic heterocycles. The Morgan fingerprint density at radius 1 is 0.322 bits per heavy atom. The number of aromatic nitrogens is 3. The van der Waals surface area contributed by atoms with Crippen molar-refractivity contribution < 1.29 is 0 Å². The zero-order valence-corrected chi connectivity index (χ0v) is 32.0. The molecule has 0 spiro atoms. The number of rotatable bonds is 5. The number of para-hydroxylation sites is 2. The Kier molecular flexibility index (Phi) is 7.54. The Labute approximate surface area is 341 Å². The van der Waals surface area contributed by atoms with E-state index in [2.05, 4.69) is 211 Å². The van der Waals surface area contributed by atoms with Gasteiger partial charge in [0.1, 0.15) is 0 Å². The molecule has 0 amide bonds. The summed E-state index contributed by atoms with van der Waals surface area (Å²) in [6.07, 6.45) is 0. The molecule has 0 saturated heterocycles. The van der Waals surface area contributed by atoms with Crippen LogP contribution in [-0.4, -0.2) is 14.5 Å². The van der Waals surface area contributed by atoms with E-state index in [0.29, 0.717) is 5.82 Å². The Hall–Kier alpha value is -7.88. The van der Waals surface area contributed by atoms with Crippen molar-refractivity contribution in [3.63, 3.8) is 0 Å². The zero-order valence-electron chi connectivity index (χ0n) is 32.0. The summed E-state index contributed by atoms with van der Waals surface area (Å²) in [6.45, 7) is 0. The number of hydrogen-bond donors (Lipinski definition) is 0. The highest BCUT2D eigenvalue weighted by Crippen LogP contribution is 2.47. The van der Waals surface area contributed by atoms with E-state index in [1.165, 1.54) is 70.5 Å². The van der Waals surface area contributed by atoms with Gasteiger partial charge in [-0.1, -0.05) is 176 Å². The van der Waals surface area contributed by atoms with Crippen LogP contribution in [0.25, 0.3) is 116 Å². The second-order valence-corrected chi connectivity index (χ2v) is 15.3. The molecule has 0 bridgehead atoms. The number of nitrogens with zero attached hydrogens (tertiary/aromatic N) is 3. The van der Waals surface area contributed by atoms with Crippen molar-refractivity contribution in [3.8, 4) is 50.7 Å². The second kappa shape index (κ2) is 13.4. The van der Waals surface area contributed by atoms with Crippen LogP contribution in [0.2, 0.25) is 0 Å². The first-order valence-electron chi connectivity index (χ1n) is 20.2. The van der Waals surface area contributed by atoms with Crippen LogP contribution in [0.15, 0.2) is 212 Å². The van der Waals surface area contributed by atoms with Gasteiger partial charge in [-0.25, -0.2) is 9.97 Å². The molecule has 0 aliphatic rings. The van der Waals surface area contributed by atoms with E-state index in [1.54, 1.807) is 0 Å². The Bertz CT molecular complexity index is 3590. The minimum absolute atomic E-state index is 0.702. The maximum atomic E-state index is 5.20. The van der Waals surface area contributed by atoms with Gasteiger partial charge >= 0.3 is 0 Å². The molecule has 0 fully saturated rings. The third-order valence-corrected chi connectivity index (χ3v) is 12.0. The Morgan fingerprint density at radius 2 is 0.898 bits per heavy atom. The van der Waals surface area contributed by atoms with Crippen LogP contribution in [0.1, 0.15) is 0 Å². The van der Waals surface area contributed by atoms with Crippen molar-refractivity contribution in [3.05, 3.63) is 212 Å². The average Bonchev–Trinajstić information content (AvgIpc) is 3.67. The zero-order chi connectivity index (χ0) is 38.9. The average molecular weight is 750 g/mol. The lowest BCUT2D eigenvalue weighted by molar-refractivity contribution is 1.18. The summed E-state index contributed by atoms with van der Waals surface area (Å²) in [5, 5.41) is 12.4. The Morgan fingerprint density at radius 3 is 1.68 bits per heavy atom. The lowest BCUT2D eigenvalue weighted by Gasteiger charge is -2.16. The smallest absolute Gasteiger partial charge is 0.160 e. The van der Waals surface area contributed by atoms with E-state index in [9.17, 15) is 0 Å². The van der Waals surface area contributed by atoms with E-state index in [-0.39, 0.29) is 0 Å². The molecule has 59 heavy (non-hydrogen) atoms. The molecule has 0 radical (unpaired) electrons. The monoisotopic (exact) mass is 749 g/mol. The van der Waals surface area contributed by atoms with Crippen LogP contribution >= 0.6 is 0 Å². The maximum Gasteiger partial charge on any atom is 0.160 e. The first kappa shape index (κ1) is 33.3. The first-order chi connectivity index (χ1) is 29.3. The van der Waals surface area contributed by atoms with Gasteiger partial charge in [0.25, 0.3) is 0 Å². The largest absolute Gasteiger partial charge is 0.309 e. The van der Waals surface area contributed by atoms with Crippen molar-refractivity contribution >= 4 is 64.9 Å². The van der Waals surface area contributed by atoms with Gasteiger partial charge in [0.15, 0.2) is 5.82 Å². The van der Waals surface area contributed by atoms with Crippen molar-refractivity contribution in [2.24, 2.45) is 0 Å². The minimum atomic E-state index is 0.702. The third kappa shape index (κ3) is 5.36. The van der Waals surface area contributed by atoms with Gasteiger partial charge in [-0.15, -0.1) is 0 Å². The first-order valence-corrected chi connectivity index (χ1v) is 20.2. The topological polar surface area (TPSA) is 30.7 Å². The molecular formula is C56H35N3. The molecule has 0 unspecified atom stereocenters. The lowest BCUT2D eigenvalue weighted by atomic mass is 9.88. The molecule has 274 valence electrons. The van der Waals surface area contributed by atoms with Gasteiger partial charge in [0.2, 0.25) is 0 Å². The SMILES string of the molecule is c1ccc(-c2cc(-c3ccc4ccccc4c3)nc(-c3ccc(-c4cc5c6ccccc6c6c(c7ccccc7n6-c6ccccc6)c5c5ccccc45)cc3)n2)cc1. The molecule has 0 atom stereocenters. The highest BCUT2D eigenvalue weighted by Gasteiger charge is 2.22. The Balaban J connectivity index is 1.06. The van der Waals surface area contributed by atoms with E-state index in [4.69, 9.17) is 9.97 Å². The summed E-state index contributed by atoms with van der Waals surface area (Å²) in [7, 11) is 0. The number of hydrogen-bond acceptors (Lipinski definition) is 2. The van der Waals surface area contributed by atoms with Crippen LogP contribution in [0, 0.1) is 0 Å². The quantitative estimate of drug-likeness (QED) is 0.164. The van der Waals surface area contributed by atoms with Crippen LogP contribution in [0.5, 0.6) is 0 Å². The van der Waals surface area contributed by atoms with Crippen molar-refractivity contribution in [1.82, 2.24) is 14.5 Å². The fraction of sp³-hybridized carbons (Fsp3) is 0. The van der Waals surface area contributed by atoms with E-state index in [0.717, 1.165) is 39.3 Å². The number of fused-ring (bicyclic) bond motifs is 11. The molecule has 12 rings (SSSR count). The molecule has 2 heterocycles. The second-order valence-electron chi connectivity index (χ2n) is 15.3. The van der Waals surface area contributed by atoms with Gasteiger partial charge in [-0.3, -0.25) is 0 Å². The molecule has 3 heteroatoms. The predicted octanol–water partition coefficient (Wildman–Crippen LogP) is 14.9. The van der Waals surface area contributed by atoms with Crippen LogP contribution < -0.4 is 0 Å². The fourth-order valence-corrected chi connectivity index (χ4v) is 9.24. The fourth-order valence-electron chi connectivity index (χ4n) is 9.24. The van der Waals surface area contributed by atoms with Crippen molar-refractivity contribution in [2.45, 2.75) is 0 Å². The van der Waals surface area contributed by atoms with E-state index >= 15 is 0 Å². The van der Waals surface area contributed by atoms with Crippen LogP contribution in [-0.2, 0) is 0 Å². The highest BCUT2D eigenvalue weighted by molar-refractivity contribution is 6.38. The van der Waals surface area contributed by atoms with Crippen LogP contribution in [0.3, 0.4) is 0 Å².